The summed E-state index contributed by atoms with van der Waals surface area (Å²) in [6.45, 7) is 5.07. The lowest BCUT2D eigenvalue weighted by atomic mass is 10.2. The highest BCUT2D eigenvalue weighted by Crippen LogP contribution is 2.22. The first-order valence-corrected chi connectivity index (χ1v) is 7.37. The maximum absolute atomic E-state index is 12.1. The molecule has 2 N–H and O–H groups in total. The number of nitrogens with two attached hydrogens (primary N) is 1. The second-order valence-corrected chi connectivity index (χ2v) is 5.39. The summed E-state index contributed by atoms with van der Waals surface area (Å²) in [6, 6.07) is 1.92. The molecule has 0 bridgehead atoms. The summed E-state index contributed by atoms with van der Waals surface area (Å²) >= 11 is 0. The van der Waals surface area contributed by atoms with Crippen molar-refractivity contribution in [2.45, 2.75) is 25.9 Å². The van der Waals surface area contributed by atoms with Crippen LogP contribution >= 0.6 is 0 Å². The predicted octanol–water partition coefficient (Wildman–Crippen LogP) is 1.13. The molecule has 1 saturated heterocycles. The van der Waals surface area contributed by atoms with E-state index in [0.29, 0.717) is 12.1 Å². The molecule has 6 heteroatoms. The van der Waals surface area contributed by atoms with Crippen molar-refractivity contribution in [3.63, 3.8) is 0 Å². The van der Waals surface area contributed by atoms with Crippen molar-refractivity contribution in [2.75, 3.05) is 43.9 Å². The molecule has 1 aliphatic heterocycles. The number of ether oxygens (including phenoxy) is 1. The molecule has 1 amide bonds. The van der Waals surface area contributed by atoms with Crippen LogP contribution in [-0.4, -0.2) is 55.2 Å². The summed E-state index contributed by atoms with van der Waals surface area (Å²) < 4.78 is 5.18. The number of anilines is 2. The van der Waals surface area contributed by atoms with Gasteiger partial charge < -0.3 is 20.3 Å². The van der Waals surface area contributed by atoms with Crippen LogP contribution in [0.1, 0.15) is 19.8 Å². The van der Waals surface area contributed by atoms with E-state index >= 15 is 0 Å². The van der Waals surface area contributed by atoms with Crippen LogP contribution in [-0.2, 0) is 9.53 Å². The maximum Gasteiger partial charge on any atom is 0.222 e. The van der Waals surface area contributed by atoms with Gasteiger partial charge in [0.1, 0.15) is 0 Å². The first kappa shape index (κ1) is 15.6. The van der Waals surface area contributed by atoms with E-state index in [9.17, 15) is 4.79 Å². The molecule has 1 fully saturated rings. The lowest BCUT2D eigenvalue weighted by Gasteiger charge is -2.36. The third-order valence-electron chi connectivity index (χ3n) is 3.97. The summed E-state index contributed by atoms with van der Waals surface area (Å²) in [6.07, 6.45) is 4.86. The number of carbonyl (C=O) groups is 1. The number of amides is 1. The van der Waals surface area contributed by atoms with Gasteiger partial charge in [0.2, 0.25) is 5.91 Å². The van der Waals surface area contributed by atoms with E-state index in [1.807, 2.05) is 17.9 Å². The standard InChI is InChI=1S/C15H24N4O2/c1-12(21-2)3-4-15(20)19-9-7-18(8-10-19)14-5-6-17-11-13(14)16/h5-6,11-12H,3-4,7-10,16H2,1-2H3. The molecule has 1 aromatic heterocycles. The number of carbonyl (C=O) groups excluding carboxylic acids is 1. The maximum atomic E-state index is 12.1. The summed E-state index contributed by atoms with van der Waals surface area (Å²) in [5.74, 6) is 0.209. The Balaban J connectivity index is 1.83. The van der Waals surface area contributed by atoms with Gasteiger partial charge >= 0.3 is 0 Å². The molecule has 0 aliphatic carbocycles. The Hall–Kier alpha value is -1.82. The second kappa shape index (κ2) is 7.26. The Morgan fingerprint density at radius 1 is 1.43 bits per heavy atom. The summed E-state index contributed by atoms with van der Waals surface area (Å²) in [5, 5.41) is 0. The molecule has 116 valence electrons. The molecule has 1 aromatic rings. The highest BCUT2D eigenvalue weighted by Gasteiger charge is 2.22. The molecule has 0 spiro atoms. The summed E-state index contributed by atoms with van der Waals surface area (Å²) in [4.78, 5) is 20.3. The molecule has 0 aromatic carbocycles. The van der Waals surface area contributed by atoms with Gasteiger partial charge in [-0.05, 0) is 19.4 Å². The second-order valence-electron chi connectivity index (χ2n) is 5.39. The van der Waals surface area contributed by atoms with Gasteiger partial charge in [-0.1, -0.05) is 0 Å². The Morgan fingerprint density at radius 3 is 2.76 bits per heavy atom. The van der Waals surface area contributed by atoms with Crippen LogP contribution in [0.4, 0.5) is 11.4 Å². The molecule has 1 aliphatic rings. The third-order valence-corrected chi connectivity index (χ3v) is 3.97. The van der Waals surface area contributed by atoms with Crippen molar-refractivity contribution in [2.24, 2.45) is 0 Å². The number of piperazine rings is 1. The fourth-order valence-corrected chi connectivity index (χ4v) is 2.49. The highest BCUT2D eigenvalue weighted by atomic mass is 16.5. The summed E-state index contributed by atoms with van der Waals surface area (Å²) in [5.41, 5.74) is 7.63. The molecule has 6 nitrogen and oxygen atoms in total. The molecule has 2 heterocycles. The number of methoxy groups -OCH3 is 1. The van der Waals surface area contributed by atoms with Crippen molar-refractivity contribution in [3.8, 4) is 0 Å². The first-order valence-electron chi connectivity index (χ1n) is 7.37. The minimum Gasteiger partial charge on any atom is -0.396 e. The van der Waals surface area contributed by atoms with E-state index < -0.39 is 0 Å². The average Bonchev–Trinajstić information content (AvgIpc) is 2.53. The van der Waals surface area contributed by atoms with Crippen LogP contribution in [0.25, 0.3) is 0 Å². The van der Waals surface area contributed by atoms with E-state index in [1.54, 1.807) is 19.5 Å². The third kappa shape index (κ3) is 4.07. The Labute approximate surface area is 125 Å². The topological polar surface area (TPSA) is 71.7 Å². The molecule has 0 saturated carbocycles. The number of nitrogen functional groups attached to an aromatic ring is 1. The van der Waals surface area contributed by atoms with Crippen molar-refractivity contribution >= 4 is 17.3 Å². The van der Waals surface area contributed by atoms with Gasteiger partial charge in [-0.2, -0.15) is 0 Å². The molecule has 1 atom stereocenters. The Morgan fingerprint density at radius 2 is 2.14 bits per heavy atom. The fraction of sp³-hybridized carbons (Fsp3) is 0.600. The monoisotopic (exact) mass is 292 g/mol. The van der Waals surface area contributed by atoms with Gasteiger partial charge in [-0.15, -0.1) is 0 Å². The van der Waals surface area contributed by atoms with Crippen LogP contribution in [0.15, 0.2) is 18.5 Å². The molecule has 1 unspecified atom stereocenters. The minimum absolute atomic E-state index is 0.131. The van der Waals surface area contributed by atoms with E-state index in [4.69, 9.17) is 10.5 Å². The molecular weight excluding hydrogens is 268 g/mol. The van der Waals surface area contributed by atoms with Gasteiger partial charge in [0.15, 0.2) is 0 Å². The zero-order valence-corrected chi connectivity index (χ0v) is 12.8. The molecule has 21 heavy (non-hydrogen) atoms. The van der Waals surface area contributed by atoms with E-state index in [0.717, 1.165) is 38.3 Å². The van der Waals surface area contributed by atoms with Gasteiger partial charge in [0.25, 0.3) is 0 Å². The SMILES string of the molecule is COC(C)CCC(=O)N1CCN(c2ccncc2N)CC1. The lowest BCUT2D eigenvalue weighted by molar-refractivity contribution is -0.132. The van der Waals surface area contributed by atoms with E-state index in [-0.39, 0.29) is 12.0 Å². The van der Waals surface area contributed by atoms with Crippen molar-refractivity contribution in [1.82, 2.24) is 9.88 Å². The van der Waals surface area contributed by atoms with Gasteiger partial charge in [0, 0.05) is 45.9 Å². The fourth-order valence-electron chi connectivity index (χ4n) is 2.49. The number of nitrogens with zero attached hydrogens (tertiary/aromatic N) is 3. The zero-order chi connectivity index (χ0) is 15.2. The quantitative estimate of drug-likeness (QED) is 0.881. The van der Waals surface area contributed by atoms with Crippen LogP contribution in [0, 0.1) is 0 Å². The zero-order valence-electron chi connectivity index (χ0n) is 12.8. The minimum atomic E-state index is 0.131. The van der Waals surface area contributed by atoms with Crippen molar-refractivity contribution < 1.29 is 9.53 Å². The summed E-state index contributed by atoms with van der Waals surface area (Å²) in [7, 11) is 1.67. The molecule has 2 rings (SSSR count). The van der Waals surface area contributed by atoms with Crippen LogP contribution in [0.5, 0.6) is 0 Å². The number of rotatable bonds is 5. The number of hydrogen-bond donors (Lipinski definition) is 1. The van der Waals surface area contributed by atoms with Gasteiger partial charge in [0.05, 0.1) is 23.7 Å². The van der Waals surface area contributed by atoms with Gasteiger partial charge in [-0.25, -0.2) is 0 Å². The smallest absolute Gasteiger partial charge is 0.222 e. The number of pyridine rings is 1. The van der Waals surface area contributed by atoms with E-state index in [2.05, 4.69) is 9.88 Å². The lowest BCUT2D eigenvalue weighted by Crippen LogP contribution is -2.49. The van der Waals surface area contributed by atoms with Crippen LogP contribution in [0.3, 0.4) is 0 Å². The predicted molar refractivity (Wildman–Crippen MR) is 83.1 cm³/mol. The van der Waals surface area contributed by atoms with Crippen molar-refractivity contribution in [1.29, 1.82) is 0 Å². The average molecular weight is 292 g/mol. The normalized spacial score (nSPS) is 16.9. The van der Waals surface area contributed by atoms with Crippen molar-refractivity contribution in [3.05, 3.63) is 18.5 Å². The van der Waals surface area contributed by atoms with Crippen LogP contribution < -0.4 is 10.6 Å². The van der Waals surface area contributed by atoms with E-state index in [1.165, 1.54) is 0 Å². The largest absolute Gasteiger partial charge is 0.396 e. The number of aromatic nitrogens is 1. The van der Waals surface area contributed by atoms with Crippen LogP contribution in [0.2, 0.25) is 0 Å². The van der Waals surface area contributed by atoms with Gasteiger partial charge in [-0.3, -0.25) is 9.78 Å². The molecule has 0 radical (unpaired) electrons. The Bertz CT molecular complexity index is 472. The first-order chi connectivity index (χ1) is 10.1. The Kier molecular flexibility index (Phi) is 5.38. The highest BCUT2D eigenvalue weighted by molar-refractivity contribution is 5.76. The molecular formula is C15H24N4O2. The number of hydrogen-bond acceptors (Lipinski definition) is 5.